The second-order valence-corrected chi connectivity index (χ2v) is 20.1. The third kappa shape index (κ3) is 24.7. The number of phenols is 3. The molecule has 0 aliphatic heterocycles. The van der Waals surface area contributed by atoms with E-state index in [1.807, 2.05) is 116 Å². The van der Waals surface area contributed by atoms with E-state index in [1.165, 1.54) is 43.0 Å². The molecule has 8 rings (SSSR count). The molecule has 432 valence electrons. The van der Waals surface area contributed by atoms with Crippen LogP contribution in [-0.4, -0.2) is 62.9 Å². The number of phenolic OH excluding ortho intramolecular Hbond substituents is 3. The summed E-state index contributed by atoms with van der Waals surface area (Å²) in [7, 11) is 0. The van der Waals surface area contributed by atoms with Crippen LogP contribution >= 0.6 is 0 Å². The predicted molar refractivity (Wildman–Crippen MR) is 326 cm³/mol. The lowest BCUT2D eigenvalue weighted by atomic mass is 9.92. The molecule has 5 N–H and O–H groups in total. The Morgan fingerprint density at radius 1 is 0.410 bits per heavy atom. The Balaban J connectivity index is 0.000000203. The molecular formula is C71H76O12. The van der Waals surface area contributed by atoms with Crippen LogP contribution in [0.25, 0.3) is 6.08 Å². The third-order valence-corrected chi connectivity index (χ3v) is 13.4. The summed E-state index contributed by atoms with van der Waals surface area (Å²) in [6.45, 7) is 8.48. The average Bonchev–Trinajstić information content (AvgIpc) is 3.49. The normalized spacial score (nSPS) is 11.7. The number of aldehydes is 1. The van der Waals surface area contributed by atoms with E-state index in [0.29, 0.717) is 17.2 Å². The number of benzene rings is 8. The monoisotopic (exact) mass is 1120 g/mol. The molecule has 83 heavy (non-hydrogen) atoms. The van der Waals surface area contributed by atoms with Crippen molar-refractivity contribution in [2.45, 2.75) is 97.3 Å². The standard InChI is InChI=1S/C19H22O3.C19H20O3.C17H16O3.C16H18O3/c2*1-14-3-8-17(9-4-14)18(13-20)10-5-16-6-11-19(12-7-16)22-15(2)21;1-13(18)20-17-11-7-15(8-12-17)4-2-3-14-5-9-16(19)10-6-14;17-11-14(13-5-9-16(19)10-6-13)4-1-12-2-7-15(18)8-3-12/h3-4,6-9,11-12,18,20H,5,10,13H2,1-2H3;3-4,6-9,11-13,18H,5,10H2,1-2H3;2-3,5-12,19H,4H2,1H3;2-3,5-10,14,17-19H,1,4,11H2/b;;3-2+;. The van der Waals surface area contributed by atoms with Crippen molar-refractivity contribution in [1.29, 1.82) is 0 Å². The van der Waals surface area contributed by atoms with E-state index < -0.39 is 0 Å². The van der Waals surface area contributed by atoms with Crippen molar-refractivity contribution < 1.29 is 58.9 Å². The number of carbonyl (C=O) groups excluding carboxylic acids is 4. The van der Waals surface area contributed by atoms with Gasteiger partial charge in [-0.15, -0.1) is 0 Å². The highest BCUT2D eigenvalue weighted by Crippen LogP contribution is 2.26. The van der Waals surface area contributed by atoms with Crippen molar-refractivity contribution >= 4 is 30.3 Å². The van der Waals surface area contributed by atoms with E-state index in [0.717, 1.165) is 84.6 Å². The molecule has 3 atom stereocenters. The van der Waals surface area contributed by atoms with Gasteiger partial charge in [-0.2, -0.15) is 0 Å². The summed E-state index contributed by atoms with van der Waals surface area (Å²) in [5.74, 6) is 1.60. The molecule has 0 heterocycles. The lowest BCUT2D eigenvalue weighted by Gasteiger charge is -2.15. The van der Waals surface area contributed by atoms with E-state index in [-0.39, 0.29) is 66.1 Å². The summed E-state index contributed by atoms with van der Waals surface area (Å²) in [5.41, 5.74) is 11.3. The molecule has 0 aliphatic carbocycles. The van der Waals surface area contributed by atoms with Crippen molar-refractivity contribution in [3.8, 4) is 34.5 Å². The fourth-order valence-corrected chi connectivity index (χ4v) is 8.66. The van der Waals surface area contributed by atoms with Gasteiger partial charge in [0.25, 0.3) is 0 Å². The molecule has 12 nitrogen and oxygen atoms in total. The van der Waals surface area contributed by atoms with E-state index in [4.69, 9.17) is 14.2 Å². The molecule has 8 aromatic carbocycles. The third-order valence-electron chi connectivity index (χ3n) is 13.4. The van der Waals surface area contributed by atoms with Crippen molar-refractivity contribution in [3.63, 3.8) is 0 Å². The van der Waals surface area contributed by atoms with Gasteiger partial charge in [0.2, 0.25) is 0 Å². The number of aromatic hydroxyl groups is 3. The Kier molecular flexibility index (Phi) is 27.2. The Morgan fingerprint density at radius 2 is 0.723 bits per heavy atom. The highest BCUT2D eigenvalue weighted by Gasteiger charge is 2.14. The summed E-state index contributed by atoms with van der Waals surface area (Å²) in [6, 6.07) is 59.9. The maximum absolute atomic E-state index is 11.3. The zero-order valence-corrected chi connectivity index (χ0v) is 47.9. The van der Waals surface area contributed by atoms with Gasteiger partial charge in [0.05, 0.1) is 0 Å². The average molecular weight is 1120 g/mol. The Hall–Kier alpha value is -9.10. The molecular weight excluding hydrogens is 1040 g/mol. The largest absolute Gasteiger partial charge is 0.508 e. The number of hydrogen-bond donors (Lipinski definition) is 5. The molecule has 0 spiro atoms. The van der Waals surface area contributed by atoms with Gasteiger partial charge in [-0.05, 0) is 176 Å². The van der Waals surface area contributed by atoms with Crippen LogP contribution in [0.2, 0.25) is 0 Å². The van der Waals surface area contributed by atoms with Gasteiger partial charge in [0, 0.05) is 51.7 Å². The number of ether oxygens (including phenoxy) is 3. The van der Waals surface area contributed by atoms with Crippen molar-refractivity contribution in [2.75, 3.05) is 13.2 Å². The fraction of sp³-hybridized carbons (Fsp3) is 0.239. The molecule has 12 heteroatoms. The summed E-state index contributed by atoms with van der Waals surface area (Å²) in [5, 5.41) is 46.7. The summed E-state index contributed by atoms with van der Waals surface area (Å²) >= 11 is 0. The van der Waals surface area contributed by atoms with Gasteiger partial charge in [-0.3, -0.25) is 14.4 Å². The van der Waals surface area contributed by atoms with Crippen LogP contribution in [0, 0.1) is 13.8 Å². The Morgan fingerprint density at radius 3 is 1.08 bits per heavy atom. The zero-order valence-electron chi connectivity index (χ0n) is 47.9. The highest BCUT2D eigenvalue weighted by molar-refractivity contribution is 5.70. The predicted octanol–water partition coefficient (Wildman–Crippen LogP) is 13.8. The number of aliphatic hydroxyl groups is 2. The molecule has 0 amide bonds. The van der Waals surface area contributed by atoms with Gasteiger partial charge in [-0.25, -0.2) is 0 Å². The minimum absolute atomic E-state index is 0.0643. The summed E-state index contributed by atoms with van der Waals surface area (Å²) < 4.78 is 15.0. The van der Waals surface area contributed by atoms with Gasteiger partial charge >= 0.3 is 17.9 Å². The van der Waals surface area contributed by atoms with Crippen molar-refractivity contribution in [2.24, 2.45) is 0 Å². The molecule has 0 fully saturated rings. The number of allylic oxidation sites excluding steroid dienone is 1. The number of aliphatic hydroxyl groups excluding tert-OH is 2. The van der Waals surface area contributed by atoms with Crippen LogP contribution in [0.1, 0.15) is 113 Å². The molecule has 8 aromatic rings. The molecule has 3 unspecified atom stereocenters. The van der Waals surface area contributed by atoms with E-state index in [9.17, 15) is 44.7 Å². The quantitative estimate of drug-likeness (QED) is 0.0260. The van der Waals surface area contributed by atoms with Gasteiger partial charge in [-0.1, -0.05) is 145 Å². The minimum atomic E-state index is -0.326. The van der Waals surface area contributed by atoms with Gasteiger partial charge in [0.1, 0.15) is 40.8 Å². The second kappa shape index (κ2) is 34.9. The first-order valence-corrected chi connectivity index (χ1v) is 27.6. The Bertz CT molecular complexity index is 3210. The zero-order chi connectivity index (χ0) is 59.9. The maximum Gasteiger partial charge on any atom is 0.308 e. The van der Waals surface area contributed by atoms with Crippen LogP contribution < -0.4 is 14.2 Å². The molecule has 0 radical (unpaired) electrons. The van der Waals surface area contributed by atoms with Crippen LogP contribution in [0.3, 0.4) is 0 Å². The highest BCUT2D eigenvalue weighted by atomic mass is 16.5. The number of hydrogen-bond acceptors (Lipinski definition) is 12. The first kappa shape index (κ1) is 64.7. The first-order chi connectivity index (χ1) is 40.0. The van der Waals surface area contributed by atoms with Crippen LogP contribution in [0.5, 0.6) is 34.5 Å². The van der Waals surface area contributed by atoms with E-state index >= 15 is 0 Å². The summed E-state index contributed by atoms with van der Waals surface area (Å²) in [6.07, 6.45) is 10.8. The maximum atomic E-state index is 11.3. The lowest BCUT2D eigenvalue weighted by Crippen LogP contribution is -2.06. The molecule has 0 saturated carbocycles. The van der Waals surface area contributed by atoms with Crippen molar-refractivity contribution in [3.05, 3.63) is 256 Å². The second-order valence-electron chi connectivity index (χ2n) is 20.1. The van der Waals surface area contributed by atoms with Crippen LogP contribution in [0.15, 0.2) is 200 Å². The number of carbonyl (C=O) groups is 4. The number of esters is 3. The first-order valence-electron chi connectivity index (χ1n) is 27.6. The SMILES string of the molecule is CC(=O)Oc1ccc(C/C=C/c2ccc(O)cc2)cc1.CC(=O)Oc1ccc(CCC(C=O)c2ccc(C)cc2)cc1.CC(=O)Oc1ccc(CCC(CO)c2ccc(C)cc2)cc1.OCC(CCc1ccc(O)cc1)c1ccc(O)cc1. The molecule has 0 aromatic heterocycles. The minimum Gasteiger partial charge on any atom is -0.508 e. The van der Waals surface area contributed by atoms with Gasteiger partial charge in [0.15, 0.2) is 0 Å². The molecule has 0 bridgehead atoms. The van der Waals surface area contributed by atoms with Crippen LogP contribution in [0.4, 0.5) is 0 Å². The smallest absolute Gasteiger partial charge is 0.308 e. The topological polar surface area (TPSA) is 197 Å². The van der Waals surface area contributed by atoms with Crippen LogP contribution in [-0.2, 0) is 44.9 Å². The van der Waals surface area contributed by atoms with Crippen molar-refractivity contribution in [1.82, 2.24) is 0 Å². The fourth-order valence-electron chi connectivity index (χ4n) is 8.66. The Labute approximate surface area is 488 Å². The number of rotatable bonds is 21. The van der Waals surface area contributed by atoms with Gasteiger partial charge < -0.3 is 44.5 Å². The number of aryl methyl sites for hydroxylation is 5. The lowest BCUT2D eigenvalue weighted by molar-refractivity contribution is -0.132. The van der Waals surface area contributed by atoms with E-state index in [1.54, 1.807) is 72.8 Å². The van der Waals surface area contributed by atoms with E-state index in [2.05, 4.69) is 31.2 Å². The molecule has 0 aliphatic rings. The molecule has 0 saturated heterocycles. The summed E-state index contributed by atoms with van der Waals surface area (Å²) in [4.78, 5) is 43.9.